The van der Waals surface area contributed by atoms with E-state index in [1.165, 1.54) is 51.4 Å². The maximum Gasteiger partial charge on any atom is 0.211 e. The lowest BCUT2D eigenvalue weighted by Gasteiger charge is -2.07. The van der Waals surface area contributed by atoms with Gasteiger partial charge in [0.15, 0.2) is 0 Å². The molecule has 2 nitrogen and oxygen atoms in total. The lowest BCUT2D eigenvalue weighted by Crippen LogP contribution is -2.17. The Morgan fingerprint density at radius 3 is 2.21 bits per heavy atom. The normalized spacial score (nSPS) is 17.1. The van der Waals surface area contributed by atoms with Crippen molar-refractivity contribution in [2.75, 3.05) is 6.61 Å². The third-order valence-electron chi connectivity index (χ3n) is 3.60. The second kappa shape index (κ2) is 8.39. The van der Waals surface area contributed by atoms with Crippen LogP contribution in [0.5, 0.6) is 0 Å². The van der Waals surface area contributed by atoms with Gasteiger partial charge in [-0.1, -0.05) is 58.4 Å². The van der Waals surface area contributed by atoms with E-state index in [0.29, 0.717) is 6.61 Å². The summed E-state index contributed by atoms with van der Waals surface area (Å²) in [5, 5.41) is 0. The molecule has 1 aliphatic heterocycles. The Kier molecular flexibility index (Phi) is 7.19. The second-order valence-electron chi connectivity index (χ2n) is 6.35. The van der Waals surface area contributed by atoms with Crippen LogP contribution in [-0.2, 0) is 4.74 Å². The van der Waals surface area contributed by atoms with Gasteiger partial charge in [-0.2, -0.15) is 0 Å². The standard InChI is InChI=1S/C17H31NO/c1-5-6-7-8-9-10-11-12-13-15(2)16-18-17(3,4)14-19-16/h2,5-14H2,1,3-4H3. The number of ether oxygens (including phenoxy) is 1. The molecule has 0 saturated carbocycles. The van der Waals surface area contributed by atoms with Crippen LogP contribution in [0.15, 0.2) is 17.1 Å². The molecule has 0 saturated heterocycles. The van der Waals surface area contributed by atoms with Gasteiger partial charge in [-0.05, 0) is 26.7 Å². The molecule has 110 valence electrons. The molecule has 1 aliphatic rings. The van der Waals surface area contributed by atoms with Gasteiger partial charge in [0.1, 0.15) is 6.61 Å². The minimum absolute atomic E-state index is 0.0580. The number of rotatable bonds is 10. The molecule has 0 N–H and O–H groups in total. The fourth-order valence-electron chi connectivity index (χ4n) is 2.34. The molecule has 19 heavy (non-hydrogen) atoms. The van der Waals surface area contributed by atoms with Crippen molar-refractivity contribution in [1.29, 1.82) is 0 Å². The summed E-state index contributed by atoms with van der Waals surface area (Å²) in [6.07, 6.45) is 11.8. The molecule has 0 aromatic rings. The first-order valence-electron chi connectivity index (χ1n) is 7.96. The molecule has 0 atom stereocenters. The van der Waals surface area contributed by atoms with E-state index in [2.05, 4.69) is 32.3 Å². The molecule has 2 heteroatoms. The Morgan fingerprint density at radius 2 is 1.68 bits per heavy atom. The van der Waals surface area contributed by atoms with Crippen LogP contribution in [0.1, 0.15) is 78.6 Å². The third-order valence-corrected chi connectivity index (χ3v) is 3.60. The maximum atomic E-state index is 5.60. The minimum Gasteiger partial charge on any atom is -0.475 e. The quantitative estimate of drug-likeness (QED) is 0.492. The smallest absolute Gasteiger partial charge is 0.211 e. The third kappa shape index (κ3) is 6.79. The second-order valence-corrected chi connectivity index (χ2v) is 6.35. The zero-order valence-electron chi connectivity index (χ0n) is 13.1. The summed E-state index contributed by atoms with van der Waals surface area (Å²) in [4.78, 5) is 4.56. The summed E-state index contributed by atoms with van der Waals surface area (Å²) in [5.41, 5.74) is 1.02. The maximum absolute atomic E-state index is 5.60. The first kappa shape index (κ1) is 16.3. The fourth-order valence-corrected chi connectivity index (χ4v) is 2.34. The van der Waals surface area contributed by atoms with Crippen molar-refractivity contribution in [3.05, 3.63) is 12.2 Å². The van der Waals surface area contributed by atoms with Gasteiger partial charge in [-0.15, -0.1) is 0 Å². The van der Waals surface area contributed by atoms with Gasteiger partial charge in [-0.3, -0.25) is 0 Å². The molecule has 1 rings (SSSR count). The zero-order valence-corrected chi connectivity index (χ0v) is 13.1. The summed E-state index contributed by atoms with van der Waals surface area (Å²) in [6, 6.07) is 0. The SMILES string of the molecule is C=C(CCCCCCCCCC)C1=NC(C)(C)CO1. The first-order chi connectivity index (χ1) is 9.05. The van der Waals surface area contributed by atoms with E-state index in [9.17, 15) is 0 Å². The van der Waals surface area contributed by atoms with Crippen LogP contribution in [0, 0.1) is 0 Å². The van der Waals surface area contributed by atoms with Crippen molar-refractivity contribution in [2.24, 2.45) is 4.99 Å². The molecule has 0 bridgehead atoms. The minimum atomic E-state index is -0.0580. The molecule has 1 heterocycles. The molecule has 0 aromatic heterocycles. The number of hydrogen-bond donors (Lipinski definition) is 0. The van der Waals surface area contributed by atoms with E-state index in [1.54, 1.807) is 0 Å². The van der Waals surface area contributed by atoms with Crippen LogP contribution in [-0.4, -0.2) is 18.0 Å². The van der Waals surface area contributed by atoms with E-state index in [1.807, 2.05) is 0 Å². The summed E-state index contributed by atoms with van der Waals surface area (Å²) in [7, 11) is 0. The summed E-state index contributed by atoms with van der Waals surface area (Å²) in [5.74, 6) is 0.799. The van der Waals surface area contributed by atoms with Crippen LogP contribution < -0.4 is 0 Å². The monoisotopic (exact) mass is 265 g/mol. The van der Waals surface area contributed by atoms with Crippen molar-refractivity contribution in [3.8, 4) is 0 Å². The molecule has 0 amide bonds. The van der Waals surface area contributed by atoms with Crippen molar-refractivity contribution >= 4 is 5.90 Å². The average Bonchev–Trinajstić information content (AvgIpc) is 2.73. The molecule has 0 fully saturated rings. The Hall–Kier alpha value is -0.790. The first-order valence-corrected chi connectivity index (χ1v) is 7.96. The Bertz CT molecular complexity index is 304. The largest absolute Gasteiger partial charge is 0.475 e. The van der Waals surface area contributed by atoms with Crippen LogP contribution in [0.4, 0.5) is 0 Å². The number of nitrogens with zero attached hydrogens (tertiary/aromatic N) is 1. The van der Waals surface area contributed by atoms with Gasteiger partial charge in [0.05, 0.1) is 5.54 Å². The highest BCUT2D eigenvalue weighted by atomic mass is 16.5. The number of unbranched alkanes of at least 4 members (excludes halogenated alkanes) is 7. The van der Waals surface area contributed by atoms with Crippen LogP contribution in [0.3, 0.4) is 0 Å². The predicted molar refractivity (Wildman–Crippen MR) is 83.8 cm³/mol. The summed E-state index contributed by atoms with van der Waals surface area (Å²) >= 11 is 0. The van der Waals surface area contributed by atoms with Crippen molar-refractivity contribution in [1.82, 2.24) is 0 Å². The Labute approximate surface area is 119 Å². The molecule has 0 aliphatic carbocycles. The van der Waals surface area contributed by atoms with Gasteiger partial charge in [-0.25, -0.2) is 4.99 Å². The molecule has 0 spiro atoms. The lowest BCUT2D eigenvalue weighted by atomic mass is 10.0. The van der Waals surface area contributed by atoms with E-state index < -0.39 is 0 Å². The lowest BCUT2D eigenvalue weighted by molar-refractivity contribution is 0.278. The predicted octanol–water partition coefficient (Wildman–Crippen LogP) is 5.28. The Balaban J connectivity index is 2.02. The molecular formula is C17H31NO. The molecule has 0 unspecified atom stereocenters. The van der Waals surface area contributed by atoms with Gasteiger partial charge < -0.3 is 4.74 Å². The van der Waals surface area contributed by atoms with Gasteiger partial charge in [0, 0.05) is 5.57 Å². The summed E-state index contributed by atoms with van der Waals surface area (Å²) < 4.78 is 5.60. The highest BCUT2D eigenvalue weighted by Crippen LogP contribution is 2.22. The number of hydrogen-bond acceptors (Lipinski definition) is 2. The van der Waals surface area contributed by atoms with Crippen LogP contribution in [0.25, 0.3) is 0 Å². The van der Waals surface area contributed by atoms with E-state index in [0.717, 1.165) is 17.9 Å². The summed E-state index contributed by atoms with van der Waals surface area (Å²) in [6.45, 7) is 11.3. The molecule has 0 radical (unpaired) electrons. The van der Waals surface area contributed by atoms with Gasteiger partial charge >= 0.3 is 0 Å². The van der Waals surface area contributed by atoms with Crippen molar-refractivity contribution in [2.45, 2.75) is 84.1 Å². The zero-order chi connectivity index (χ0) is 14.1. The van der Waals surface area contributed by atoms with Gasteiger partial charge in [0.25, 0.3) is 0 Å². The fraction of sp³-hybridized carbons (Fsp3) is 0.824. The topological polar surface area (TPSA) is 21.6 Å². The van der Waals surface area contributed by atoms with Crippen LogP contribution in [0.2, 0.25) is 0 Å². The highest BCUT2D eigenvalue weighted by molar-refractivity contribution is 5.94. The van der Waals surface area contributed by atoms with Crippen molar-refractivity contribution in [3.63, 3.8) is 0 Å². The molecular weight excluding hydrogens is 234 g/mol. The van der Waals surface area contributed by atoms with Gasteiger partial charge in [0.2, 0.25) is 5.90 Å². The molecule has 0 aromatic carbocycles. The highest BCUT2D eigenvalue weighted by Gasteiger charge is 2.27. The number of aliphatic imine (C=N–C) groups is 1. The van der Waals surface area contributed by atoms with E-state index in [4.69, 9.17) is 4.74 Å². The van der Waals surface area contributed by atoms with E-state index >= 15 is 0 Å². The van der Waals surface area contributed by atoms with E-state index in [-0.39, 0.29) is 5.54 Å². The Morgan fingerprint density at radius 1 is 1.11 bits per heavy atom. The van der Waals surface area contributed by atoms with Crippen molar-refractivity contribution < 1.29 is 4.74 Å². The average molecular weight is 265 g/mol. The van der Waals surface area contributed by atoms with Crippen LogP contribution >= 0.6 is 0 Å².